The van der Waals surface area contributed by atoms with E-state index in [0.717, 1.165) is 36.8 Å². The number of thioether (sulfide) groups is 1. The van der Waals surface area contributed by atoms with Crippen LogP contribution >= 0.6 is 23.4 Å². The molecule has 7 heteroatoms. The van der Waals surface area contributed by atoms with Crippen molar-refractivity contribution < 1.29 is 9.53 Å². The summed E-state index contributed by atoms with van der Waals surface area (Å²) in [6.45, 7) is 6.44. The Balaban J connectivity index is 1.46. The zero-order chi connectivity index (χ0) is 18.9. The lowest BCUT2D eigenvalue weighted by molar-refractivity contribution is -0.113. The highest BCUT2D eigenvalue weighted by atomic mass is 35.5. The van der Waals surface area contributed by atoms with Crippen LogP contribution in [0.25, 0.3) is 0 Å². The first-order chi connectivity index (χ1) is 13.2. The number of anilines is 2. The molecule has 2 aliphatic heterocycles. The summed E-state index contributed by atoms with van der Waals surface area (Å²) >= 11 is 8.13. The fourth-order valence-corrected chi connectivity index (χ4v) is 4.71. The molecule has 150 valence electrons. The van der Waals surface area contributed by atoms with Crippen LogP contribution in [-0.2, 0) is 9.53 Å². The molecule has 0 unspecified atom stereocenters. The molecule has 0 spiro atoms. The van der Waals surface area contributed by atoms with Crippen molar-refractivity contribution in [3.63, 3.8) is 0 Å². The number of para-hydroxylation sites is 1. The van der Waals surface area contributed by atoms with Gasteiger partial charge in [0.2, 0.25) is 5.91 Å². The summed E-state index contributed by atoms with van der Waals surface area (Å²) < 4.78 is 5.43. The summed E-state index contributed by atoms with van der Waals surface area (Å²) in [5, 5.41) is 3.73. The maximum absolute atomic E-state index is 12.4. The third-order valence-electron chi connectivity index (χ3n) is 5.07. The lowest BCUT2D eigenvalue weighted by Crippen LogP contribution is -2.37. The number of likely N-dealkylation sites (tertiary alicyclic amines) is 1. The van der Waals surface area contributed by atoms with E-state index in [1.54, 1.807) is 11.8 Å². The highest BCUT2D eigenvalue weighted by Gasteiger charge is 2.19. The van der Waals surface area contributed by atoms with E-state index in [2.05, 4.69) is 15.1 Å². The van der Waals surface area contributed by atoms with Gasteiger partial charge >= 0.3 is 0 Å². The molecule has 2 fully saturated rings. The summed E-state index contributed by atoms with van der Waals surface area (Å²) in [5.74, 6) is 1.51. The molecule has 2 heterocycles. The van der Waals surface area contributed by atoms with Gasteiger partial charge in [-0.05, 0) is 38.1 Å². The van der Waals surface area contributed by atoms with Gasteiger partial charge in [0.15, 0.2) is 0 Å². The lowest BCUT2D eigenvalue weighted by atomic mass is 10.2. The molecule has 1 amide bonds. The zero-order valence-corrected chi connectivity index (χ0v) is 17.5. The van der Waals surface area contributed by atoms with E-state index in [4.69, 9.17) is 16.3 Å². The number of amides is 1. The van der Waals surface area contributed by atoms with Gasteiger partial charge in [-0.2, -0.15) is 11.8 Å². The largest absolute Gasteiger partial charge is 0.378 e. The number of nitrogens with zero attached hydrogens (tertiary/aromatic N) is 2. The molecule has 1 aromatic rings. The van der Waals surface area contributed by atoms with Crippen molar-refractivity contribution in [1.29, 1.82) is 0 Å². The summed E-state index contributed by atoms with van der Waals surface area (Å²) in [6, 6.07) is 5.68. The van der Waals surface area contributed by atoms with Crippen molar-refractivity contribution in [2.45, 2.75) is 25.7 Å². The summed E-state index contributed by atoms with van der Waals surface area (Å²) in [6.07, 6.45) is 5.34. The first kappa shape index (κ1) is 20.8. The molecule has 2 aliphatic rings. The zero-order valence-electron chi connectivity index (χ0n) is 15.9. The molecule has 0 bridgehead atoms. The molecule has 2 saturated heterocycles. The summed E-state index contributed by atoms with van der Waals surface area (Å²) in [5.41, 5.74) is 1.70. The van der Waals surface area contributed by atoms with Crippen molar-refractivity contribution in [3.05, 3.63) is 23.2 Å². The SMILES string of the molecule is O=C(CSCCN1CCCCCC1)Nc1cccc(Cl)c1N1CCOCC1. The Morgan fingerprint density at radius 3 is 2.59 bits per heavy atom. The normalized spacial score (nSPS) is 18.9. The molecule has 5 nitrogen and oxygen atoms in total. The maximum atomic E-state index is 12.4. The van der Waals surface area contributed by atoms with Gasteiger partial charge in [0, 0.05) is 25.4 Å². The van der Waals surface area contributed by atoms with Crippen molar-refractivity contribution in [2.24, 2.45) is 0 Å². The minimum absolute atomic E-state index is 0.0349. The van der Waals surface area contributed by atoms with Gasteiger partial charge in [0.1, 0.15) is 0 Å². The highest BCUT2D eigenvalue weighted by molar-refractivity contribution is 7.99. The van der Waals surface area contributed by atoms with Gasteiger partial charge < -0.3 is 19.9 Å². The van der Waals surface area contributed by atoms with Crippen LogP contribution in [0, 0.1) is 0 Å². The smallest absolute Gasteiger partial charge is 0.234 e. The van der Waals surface area contributed by atoms with E-state index in [1.807, 2.05) is 18.2 Å². The second-order valence-corrected chi connectivity index (χ2v) is 8.60. The van der Waals surface area contributed by atoms with Gasteiger partial charge in [-0.25, -0.2) is 0 Å². The molecular formula is C20H30ClN3O2S. The molecule has 0 atom stereocenters. The number of carbonyl (C=O) groups excluding carboxylic acids is 1. The number of halogens is 1. The van der Waals surface area contributed by atoms with Crippen LogP contribution in [0.4, 0.5) is 11.4 Å². The third kappa shape index (κ3) is 6.56. The Morgan fingerprint density at radius 1 is 1.11 bits per heavy atom. The topological polar surface area (TPSA) is 44.8 Å². The summed E-state index contributed by atoms with van der Waals surface area (Å²) in [7, 11) is 0. The average molecular weight is 412 g/mol. The van der Waals surface area contributed by atoms with E-state index in [9.17, 15) is 4.79 Å². The molecule has 0 aliphatic carbocycles. The second kappa shape index (κ2) is 11.1. The van der Waals surface area contributed by atoms with Crippen LogP contribution in [-0.4, -0.2) is 68.3 Å². The predicted octanol–water partition coefficient (Wildman–Crippen LogP) is 3.72. The first-order valence-corrected chi connectivity index (χ1v) is 11.5. The number of ether oxygens (including phenoxy) is 1. The summed E-state index contributed by atoms with van der Waals surface area (Å²) in [4.78, 5) is 17.2. The molecule has 27 heavy (non-hydrogen) atoms. The van der Waals surface area contributed by atoms with Crippen molar-refractivity contribution >= 4 is 40.6 Å². The molecular weight excluding hydrogens is 382 g/mol. The molecule has 1 aromatic carbocycles. The van der Waals surface area contributed by atoms with Crippen LogP contribution in [0.5, 0.6) is 0 Å². The van der Waals surface area contributed by atoms with Gasteiger partial charge in [0.25, 0.3) is 0 Å². The second-order valence-electron chi connectivity index (χ2n) is 7.09. The van der Waals surface area contributed by atoms with Crippen molar-refractivity contribution in [2.75, 3.05) is 67.7 Å². The van der Waals surface area contributed by atoms with E-state index >= 15 is 0 Å². The number of morpholine rings is 1. The van der Waals surface area contributed by atoms with E-state index in [1.165, 1.54) is 38.8 Å². The van der Waals surface area contributed by atoms with Gasteiger partial charge in [-0.3, -0.25) is 4.79 Å². The van der Waals surface area contributed by atoms with Crippen molar-refractivity contribution in [3.8, 4) is 0 Å². The van der Waals surface area contributed by atoms with Gasteiger partial charge in [-0.15, -0.1) is 0 Å². The van der Waals surface area contributed by atoms with Crippen LogP contribution in [0.2, 0.25) is 5.02 Å². The number of rotatable bonds is 7. The minimum Gasteiger partial charge on any atom is -0.378 e. The number of hydrogen-bond donors (Lipinski definition) is 1. The third-order valence-corrected chi connectivity index (χ3v) is 6.31. The number of carbonyl (C=O) groups is 1. The Hall–Kier alpha value is -0.950. The number of hydrogen-bond acceptors (Lipinski definition) is 5. The predicted molar refractivity (Wildman–Crippen MR) is 115 cm³/mol. The molecule has 0 saturated carbocycles. The quantitative estimate of drug-likeness (QED) is 0.692. The lowest BCUT2D eigenvalue weighted by Gasteiger charge is -2.31. The van der Waals surface area contributed by atoms with Crippen LogP contribution in [0.15, 0.2) is 18.2 Å². The average Bonchev–Trinajstić information content (AvgIpc) is 2.95. The van der Waals surface area contributed by atoms with E-state index in [-0.39, 0.29) is 5.91 Å². The Kier molecular flexibility index (Phi) is 8.58. The molecule has 0 radical (unpaired) electrons. The highest BCUT2D eigenvalue weighted by Crippen LogP contribution is 2.34. The van der Waals surface area contributed by atoms with Gasteiger partial charge in [0.05, 0.1) is 35.4 Å². The fraction of sp³-hybridized carbons (Fsp3) is 0.650. The number of benzene rings is 1. The molecule has 3 rings (SSSR count). The maximum Gasteiger partial charge on any atom is 0.234 e. The Bertz CT molecular complexity index is 603. The standard InChI is InChI=1S/C20H30ClN3O2S/c21-17-6-5-7-18(20(17)24-10-13-26-14-11-24)22-19(25)16-27-15-12-23-8-3-1-2-4-9-23/h5-7H,1-4,8-16H2,(H,22,25). The fourth-order valence-electron chi connectivity index (χ4n) is 3.63. The van der Waals surface area contributed by atoms with Crippen LogP contribution in [0.3, 0.4) is 0 Å². The van der Waals surface area contributed by atoms with Gasteiger partial charge in [-0.1, -0.05) is 30.5 Å². The Labute approximate surface area is 171 Å². The molecule has 0 aromatic heterocycles. The van der Waals surface area contributed by atoms with Crippen LogP contribution in [0.1, 0.15) is 25.7 Å². The molecule has 1 N–H and O–H groups in total. The van der Waals surface area contributed by atoms with E-state index in [0.29, 0.717) is 24.0 Å². The van der Waals surface area contributed by atoms with Crippen molar-refractivity contribution in [1.82, 2.24) is 4.90 Å². The minimum atomic E-state index is 0.0349. The van der Waals surface area contributed by atoms with Crippen LogP contribution < -0.4 is 10.2 Å². The van der Waals surface area contributed by atoms with E-state index < -0.39 is 0 Å². The monoisotopic (exact) mass is 411 g/mol. The first-order valence-electron chi connectivity index (χ1n) is 9.95. The number of nitrogens with one attached hydrogen (secondary N) is 1. The Morgan fingerprint density at radius 2 is 1.85 bits per heavy atom.